The van der Waals surface area contributed by atoms with Crippen molar-refractivity contribution in [2.75, 3.05) is 0 Å². The number of amides is 2. The van der Waals surface area contributed by atoms with Crippen molar-refractivity contribution >= 4 is 35.2 Å². The molecule has 154 valence electrons. The highest BCUT2D eigenvalue weighted by atomic mass is 35.5. The number of halogens is 1. The lowest BCUT2D eigenvalue weighted by atomic mass is 9.49. The molecule has 0 atom stereocenters. The van der Waals surface area contributed by atoms with Crippen LogP contribution >= 0.6 is 11.6 Å². The fraction of sp³-hybridized carbons (Fsp3) is 0.524. The Kier molecular flexibility index (Phi) is 5.34. The number of carbonyl (C=O) groups is 2. The topological polar surface area (TPSA) is 101 Å². The van der Waals surface area contributed by atoms with E-state index in [2.05, 4.69) is 10.9 Å². The Morgan fingerprint density at radius 1 is 1.14 bits per heavy atom. The Bertz CT molecular complexity index is 847. The van der Waals surface area contributed by atoms with Crippen molar-refractivity contribution in [3.8, 4) is 0 Å². The molecular formula is C21H24ClN3O4. The normalized spacial score (nSPS) is 29.8. The van der Waals surface area contributed by atoms with E-state index in [1.165, 1.54) is 43.5 Å². The summed E-state index contributed by atoms with van der Waals surface area (Å²) in [6.45, 7) is 0. The predicted octanol–water partition coefficient (Wildman–Crippen LogP) is 4.02. The van der Waals surface area contributed by atoms with Gasteiger partial charge in [-0.3, -0.25) is 30.6 Å². The molecule has 4 saturated carbocycles. The summed E-state index contributed by atoms with van der Waals surface area (Å²) in [6.07, 6.45) is 10.5. The number of hydrogen-bond donors (Lipinski definition) is 2. The number of nitrogens with zero attached hydrogens (tertiary/aromatic N) is 1. The van der Waals surface area contributed by atoms with E-state index in [0.717, 1.165) is 37.0 Å². The molecule has 0 saturated heterocycles. The van der Waals surface area contributed by atoms with Crippen LogP contribution in [0.3, 0.4) is 0 Å². The van der Waals surface area contributed by atoms with Gasteiger partial charge < -0.3 is 0 Å². The highest BCUT2D eigenvalue weighted by molar-refractivity contribution is 6.32. The SMILES string of the molecule is O=C(/C=C/c1ccc(Cl)c([N+](=O)[O-])c1)NNC(=O)CC12CC3CC(CC(C3)C1)C2. The summed E-state index contributed by atoms with van der Waals surface area (Å²) >= 11 is 5.77. The largest absolute Gasteiger partial charge is 0.288 e. The Morgan fingerprint density at radius 3 is 2.34 bits per heavy atom. The zero-order chi connectivity index (χ0) is 20.6. The van der Waals surface area contributed by atoms with E-state index in [9.17, 15) is 19.7 Å². The van der Waals surface area contributed by atoms with Gasteiger partial charge in [-0.2, -0.15) is 0 Å². The molecule has 4 aliphatic rings. The molecule has 0 unspecified atom stereocenters. The molecule has 2 N–H and O–H groups in total. The van der Waals surface area contributed by atoms with Crippen LogP contribution in [0.25, 0.3) is 6.08 Å². The molecule has 8 heteroatoms. The first-order valence-corrected chi connectivity index (χ1v) is 10.4. The lowest BCUT2D eigenvalue weighted by Gasteiger charge is -2.56. The summed E-state index contributed by atoms with van der Waals surface area (Å²) in [5, 5.41) is 11.0. The van der Waals surface area contributed by atoms with E-state index < -0.39 is 10.8 Å². The molecular weight excluding hydrogens is 394 g/mol. The third-order valence-electron chi connectivity index (χ3n) is 6.62. The number of nitrogens with one attached hydrogen (secondary N) is 2. The molecule has 0 spiro atoms. The van der Waals surface area contributed by atoms with Gasteiger partial charge in [-0.15, -0.1) is 0 Å². The number of hydrazine groups is 1. The number of carbonyl (C=O) groups excluding carboxylic acids is 2. The fourth-order valence-corrected chi connectivity index (χ4v) is 6.20. The van der Waals surface area contributed by atoms with Gasteiger partial charge in [0, 0.05) is 18.6 Å². The maximum atomic E-state index is 12.4. The molecule has 0 aliphatic heterocycles. The molecule has 1 aromatic rings. The first kappa shape index (κ1) is 19.9. The van der Waals surface area contributed by atoms with Crippen molar-refractivity contribution < 1.29 is 14.5 Å². The maximum Gasteiger partial charge on any atom is 0.288 e. The van der Waals surface area contributed by atoms with Crippen LogP contribution in [0.4, 0.5) is 5.69 Å². The van der Waals surface area contributed by atoms with Gasteiger partial charge in [-0.25, -0.2) is 0 Å². The van der Waals surface area contributed by atoms with E-state index in [-0.39, 0.29) is 22.0 Å². The minimum absolute atomic E-state index is 0.0357. The summed E-state index contributed by atoms with van der Waals surface area (Å²) in [6, 6.07) is 4.27. The smallest absolute Gasteiger partial charge is 0.273 e. The second-order valence-electron chi connectivity index (χ2n) is 8.93. The Balaban J connectivity index is 1.29. The quantitative estimate of drug-likeness (QED) is 0.429. The Labute approximate surface area is 174 Å². The molecule has 4 bridgehead atoms. The number of hydrogen-bond acceptors (Lipinski definition) is 4. The van der Waals surface area contributed by atoms with Crippen LogP contribution in [0.5, 0.6) is 0 Å². The lowest BCUT2D eigenvalue weighted by molar-refractivity contribution is -0.384. The van der Waals surface area contributed by atoms with Crippen LogP contribution in [0.15, 0.2) is 24.3 Å². The molecule has 7 nitrogen and oxygen atoms in total. The minimum atomic E-state index is -0.579. The third-order valence-corrected chi connectivity index (χ3v) is 6.94. The first-order chi connectivity index (χ1) is 13.8. The van der Waals surface area contributed by atoms with Crippen molar-refractivity contribution in [1.29, 1.82) is 0 Å². The molecule has 0 aromatic heterocycles. The Hall–Kier alpha value is -2.41. The average molecular weight is 418 g/mol. The molecule has 2 amide bonds. The van der Waals surface area contributed by atoms with Crippen LogP contribution in [-0.4, -0.2) is 16.7 Å². The summed E-state index contributed by atoms with van der Waals surface area (Å²) in [7, 11) is 0. The molecule has 4 aliphatic carbocycles. The average Bonchev–Trinajstić information content (AvgIpc) is 2.64. The molecule has 1 aromatic carbocycles. The summed E-state index contributed by atoms with van der Waals surface area (Å²) in [5.74, 6) is 1.66. The van der Waals surface area contributed by atoms with E-state index in [1.54, 1.807) is 6.07 Å². The first-order valence-electron chi connectivity index (χ1n) is 10.0. The number of rotatable bonds is 5. The molecule has 0 radical (unpaired) electrons. The highest BCUT2D eigenvalue weighted by Crippen LogP contribution is 2.61. The number of benzene rings is 1. The van der Waals surface area contributed by atoms with Crippen molar-refractivity contribution in [2.24, 2.45) is 23.2 Å². The van der Waals surface area contributed by atoms with E-state index in [1.807, 2.05) is 0 Å². The van der Waals surface area contributed by atoms with Gasteiger partial charge in [0.2, 0.25) is 5.91 Å². The van der Waals surface area contributed by atoms with Crippen LogP contribution in [-0.2, 0) is 9.59 Å². The van der Waals surface area contributed by atoms with Gasteiger partial charge in [-0.1, -0.05) is 17.7 Å². The monoisotopic (exact) mass is 417 g/mol. The zero-order valence-corrected chi connectivity index (χ0v) is 16.8. The van der Waals surface area contributed by atoms with Crippen molar-refractivity contribution in [3.05, 3.63) is 45.0 Å². The van der Waals surface area contributed by atoms with Gasteiger partial charge in [-0.05, 0) is 79.4 Å². The lowest BCUT2D eigenvalue weighted by Crippen LogP contribution is -2.49. The maximum absolute atomic E-state index is 12.4. The van der Waals surface area contributed by atoms with Crippen LogP contribution in [0.1, 0.15) is 50.5 Å². The minimum Gasteiger partial charge on any atom is -0.273 e. The zero-order valence-electron chi connectivity index (χ0n) is 16.0. The van der Waals surface area contributed by atoms with E-state index >= 15 is 0 Å². The Morgan fingerprint density at radius 2 is 1.76 bits per heavy atom. The van der Waals surface area contributed by atoms with Crippen LogP contribution in [0.2, 0.25) is 5.02 Å². The van der Waals surface area contributed by atoms with Gasteiger partial charge in [0.15, 0.2) is 0 Å². The second kappa shape index (κ2) is 7.78. The molecule has 29 heavy (non-hydrogen) atoms. The molecule has 5 rings (SSSR count). The summed E-state index contributed by atoms with van der Waals surface area (Å²) in [5.41, 5.74) is 5.27. The van der Waals surface area contributed by atoms with E-state index in [4.69, 9.17) is 11.6 Å². The second-order valence-corrected chi connectivity index (χ2v) is 9.34. The van der Waals surface area contributed by atoms with Gasteiger partial charge >= 0.3 is 0 Å². The number of nitro benzene ring substituents is 1. The number of nitro groups is 1. The van der Waals surface area contributed by atoms with Gasteiger partial charge in [0.05, 0.1) is 4.92 Å². The third kappa shape index (κ3) is 4.45. The van der Waals surface area contributed by atoms with Gasteiger partial charge in [0.1, 0.15) is 5.02 Å². The highest BCUT2D eigenvalue weighted by Gasteiger charge is 2.51. The standard InChI is InChI=1S/C21H24ClN3O4/c22-17-3-1-13(8-18(17)25(28)29)2-4-19(26)23-24-20(27)12-21-9-14-5-15(10-21)7-16(6-14)11-21/h1-4,8,14-16H,5-7,9-12H2,(H,23,26)(H,24,27)/b4-2+. The van der Waals surface area contributed by atoms with Crippen LogP contribution in [0, 0.1) is 33.3 Å². The van der Waals surface area contributed by atoms with Crippen molar-refractivity contribution in [2.45, 2.75) is 44.9 Å². The van der Waals surface area contributed by atoms with Crippen LogP contribution < -0.4 is 10.9 Å². The van der Waals surface area contributed by atoms with Crippen molar-refractivity contribution in [1.82, 2.24) is 10.9 Å². The summed E-state index contributed by atoms with van der Waals surface area (Å²) in [4.78, 5) is 34.8. The van der Waals surface area contributed by atoms with Gasteiger partial charge in [0.25, 0.3) is 11.6 Å². The van der Waals surface area contributed by atoms with E-state index in [0.29, 0.717) is 12.0 Å². The fourth-order valence-electron chi connectivity index (χ4n) is 6.01. The molecule has 4 fully saturated rings. The molecule has 0 heterocycles. The predicted molar refractivity (Wildman–Crippen MR) is 109 cm³/mol. The summed E-state index contributed by atoms with van der Waals surface area (Å²) < 4.78 is 0. The van der Waals surface area contributed by atoms with Crippen molar-refractivity contribution in [3.63, 3.8) is 0 Å².